The van der Waals surface area contributed by atoms with Crippen LogP contribution in [0.25, 0.3) is 11.3 Å². The van der Waals surface area contributed by atoms with Crippen molar-refractivity contribution < 1.29 is 19.4 Å². The highest BCUT2D eigenvalue weighted by atomic mass is 16.5. The lowest BCUT2D eigenvalue weighted by atomic mass is 10.0. The molecule has 1 saturated heterocycles. The first-order chi connectivity index (χ1) is 13.1. The Kier molecular flexibility index (Phi) is 6.39. The van der Waals surface area contributed by atoms with Crippen molar-refractivity contribution in [2.45, 2.75) is 25.1 Å². The van der Waals surface area contributed by atoms with Crippen LogP contribution < -0.4 is 10.5 Å². The van der Waals surface area contributed by atoms with Gasteiger partial charge in [-0.05, 0) is 36.8 Å². The van der Waals surface area contributed by atoms with Crippen LogP contribution in [0.5, 0.6) is 5.75 Å². The van der Waals surface area contributed by atoms with E-state index >= 15 is 0 Å². The number of hydrogen-bond donors (Lipinski definition) is 2. The van der Waals surface area contributed by atoms with Gasteiger partial charge in [0.15, 0.2) is 6.61 Å². The van der Waals surface area contributed by atoms with Gasteiger partial charge in [0.25, 0.3) is 0 Å². The highest BCUT2D eigenvalue weighted by Crippen LogP contribution is 2.28. The molecule has 27 heavy (non-hydrogen) atoms. The van der Waals surface area contributed by atoms with E-state index in [-0.39, 0.29) is 18.8 Å². The normalized spacial score (nSPS) is 20.4. The number of aliphatic carboxylic acids is 1. The van der Waals surface area contributed by atoms with Crippen LogP contribution in [0.2, 0.25) is 0 Å². The standard InChI is InChI=1S/C20H25N3O4/c1-26-19-12-23(9-7-16(19)21)11-15-10-14(17-4-2-3-8-22-17)5-6-18(15)27-13-20(24)25/h2-6,8,10,16,19H,7,9,11-13,21H2,1H3,(H,24,25)/t16-,19+/m0/s1. The van der Waals surface area contributed by atoms with Crippen molar-refractivity contribution in [2.75, 3.05) is 26.8 Å². The second kappa shape index (κ2) is 8.94. The van der Waals surface area contributed by atoms with Crippen molar-refractivity contribution in [2.24, 2.45) is 5.73 Å². The van der Waals surface area contributed by atoms with Crippen molar-refractivity contribution in [3.05, 3.63) is 48.2 Å². The van der Waals surface area contributed by atoms with Crippen LogP contribution in [0, 0.1) is 0 Å². The number of piperidine rings is 1. The molecule has 3 rings (SSSR count). The van der Waals surface area contributed by atoms with Gasteiger partial charge in [-0.3, -0.25) is 9.88 Å². The molecule has 0 saturated carbocycles. The fraction of sp³-hybridized carbons (Fsp3) is 0.400. The van der Waals surface area contributed by atoms with E-state index in [4.69, 9.17) is 20.3 Å². The zero-order chi connectivity index (χ0) is 19.2. The molecule has 2 atom stereocenters. The van der Waals surface area contributed by atoms with Gasteiger partial charge in [0.05, 0.1) is 11.8 Å². The number of nitrogens with two attached hydrogens (primary N) is 1. The van der Waals surface area contributed by atoms with Gasteiger partial charge >= 0.3 is 5.97 Å². The third kappa shape index (κ3) is 5.03. The fourth-order valence-corrected chi connectivity index (χ4v) is 3.31. The lowest BCUT2D eigenvalue weighted by Gasteiger charge is -2.36. The van der Waals surface area contributed by atoms with Gasteiger partial charge in [0.1, 0.15) is 5.75 Å². The Balaban J connectivity index is 1.84. The molecule has 0 bridgehead atoms. The fourth-order valence-electron chi connectivity index (χ4n) is 3.31. The lowest BCUT2D eigenvalue weighted by molar-refractivity contribution is -0.139. The summed E-state index contributed by atoms with van der Waals surface area (Å²) < 4.78 is 11.0. The molecule has 0 radical (unpaired) electrons. The van der Waals surface area contributed by atoms with E-state index in [1.165, 1.54) is 0 Å². The Hall–Kier alpha value is -2.48. The average molecular weight is 371 g/mol. The van der Waals surface area contributed by atoms with Crippen molar-refractivity contribution >= 4 is 5.97 Å². The van der Waals surface area contributed by atoms with E-state index < -0.39 is 5.97 Å². The number of ether oxygens (including phenoxy) is 2. The number of methoxy groups -OCH3 is 1. The van der Waals surface area contributed by atoms with Crippen LogP contribution in [-0.4, -0.2) is 59.9 Å². The van der Waals surface area contributed by atoms with Gasteiger partial charge in [-0.2, -0.15) is 0 Å². The highest BCUT2D eigenvalue weighted by molar-refractivity contribution is 5.69. The molecule has 1 aliphatic rings. The van der Waals surface area contributed by atoms with Crippen LogP contribution in [0.3, 0.4) is 0 Å². The van der Waals surface area contributed by atoms with E-state index in [1.807, 2.05) is 36.4 Å². The summed E-state index contributed by atoms with van der Waals surface area (Å²) in [5, 5.41) is 8.94. The van der Waals surface area contributed by atoms with Gasteiger partial charge in [-0.25, -0.2) is 4.79 Å². The summed E-state index contributed by atoms with van der Waals surface area (Å²) in [5.41, 5.74) is 8.85. The minimum Gasteiger partial charge on any atom is -0.482 e. The molecule has 2 heterocycles. The Morgan fingerprint density at radius 3 is 2.93 bits per heavy atom. The minimum absolute atomic E-state index is 0.0129. The minimum atomic E-state index is -1.00. The number of carboxylic acids is 1. The second-order valence-corrected chi connectivity index (χ2v) is 6.68. The van der Waals surface area contributed by atoms with Crippen LogP contribution in [0.1, 0.15) is 12.0 Å². The molecule has 7 nitrogen and oxygen atoms in total. The molecule has 0 unspecified atom stereocenters. The number of carbonyl (C=O) groups is 1. The molecule has 3 N–H and O–H groups in total. The first-order valence-corrected chi connectivity index (χ1v) is 8.96. The number of rotatable bonds is 7. The number of likely N-dealkylation sites (tertiary alicyclic amines) is 1. The predicted molar refractivity (Wildman–Crippen MR) is 101 cm³/mol. The lowest BCUT2D eigenvalue weighted by Crippen LogP contribution is -2.51. The van der Waals surface area contributed by atoms with Crippen LogP contribution in [0.15, 0.2) is 42.6 Å². The van der Waals surface area contributed by atoms with Crippen molar-refractivity contribution in [1.82, 2.24) is 9.88 Å². The first-order valence-electron chi connectivity index (χ1n) is 8.96. The van der Waals surface area contributed by atoms with E-state index in [9.17, 15) is 4.79 Å². The molecule has 1 fully saturated rings. The smallest absolute Gasteiger partial charge is 0.341 e. The maximum Gasteiger partial charge on any atom is 0.341 e. The van der Waals surface area contributed by atoms with Crippen molar-refractivity contribution in [1.29, 1.82) is 0 Å². The van der Waals surface area contributed by atoms with E-state index in [0.717, 1.165) is 36.3 Å². The molecule has 2 aromatic rings. The molecule has 0 aliphatic carbocycles. The van der Waals surface area contributed by atoms with E-state index in [0.29, 0.717) is 12.3 Å². The highest BCUT2D eigenvalue weighted by Gasteiger charge is 2.27. The molecular formula is C20H25N3O4. The number of aromatic nitrogens is 1. The number of carboxylic acid groups (broad SMARTS) is 1. The van der Waals surface area contributed by atoms with E-state index in [1.54, 1.807) is 13.3 Å². The maximum absolute atomic E-state index is 10.9. The molecule has 144 valence electrons. The largest absolute Gasteiger partial charge is 0.482 e. The molecule has 1 aromatic heterocycles. The SMILES string of the molecule is CO[C@@H]1CN(Cc2cc(-c3ccccn3)ccc2OCC(=O)O)CC[C@@H]1N. The molecule has 7 heteroatoms. The Labute approximate surface area is 158 Å². The van der Waals surface area contributed by atoms with Crippen molar-refractivity contribution in [3.63, 3.8) is 0 Å². The van der Waals surface area contributed by atoms with Crippen LogP contribution in [-0.2, 0) is 16.1 Å². The third-order valence-electron chi connectivity index (χ3n) is 4.76. The predicted octanol–water partition coefficient (Wildman–Crippen LogP) is 1.76. The summed E-state index contributed by atoms with van der Waals surface area (Å²) in [7, 11) is 1.68. The van der Waals surface area contributed by atoms with Gasteiger partial charge in [-0.15, -0.1) is 0 Å². The van der Waals surface area contributed by atoms with Gasteiger partial charge < -0.3 is 20.3 Å². The molecular weight excluding hydrogens is 346 g/mol. The van der Waals surface area contributed by atoms with Gasteiger partial charge in [0, 0.05) is 50.1 Å². The number of pyridine rings is 1. The first kappa shape index (κ1) is 19.3. The van der Waals surface area contributed by atoms with Crippen LogP contribution in [0.4, 0.5) is 0 Å². The summed E-state index contributed by atoms with van der Waals surface area (Å²) in [6.07, 6.45) is 2.59. The topological polar surface area (TPSA) is 97.9 Å². The third-order valence-corrected chi connectivity index (χ3v) is 4.76. The van der Waals surface area contributed by atoms with Crippen LogP contribution >= 0.6 is 0 Å². The Morgan fingerprint density at radius 1 is 1.37 bits per heavy atom. The van der Waals surface area contributed by atoms with Gasteiger partial charge in [-0.1, -0.05) is 6.07 Å². The molecule has 1 aliphatic heterocycles. The number of benzene rings is 1. The number of nitrogens with zero attached hydrogens (tertiary/aromatic N) is 2. The summed E-state index contributed by atoms with van der Waals surface area (Å²) in [5.74, 6) is -0.431. The molecule has 0 spiro atoms. The summed E-state index contributed by atoms with van der Waals surface area (Å²) in [6, 6.07) is 11.5. The molecule has 1 aromatic carbocycles. The summed E-state index contributed by atoms with van der Waals surface area (Å²) in [6.45, 7) is 1.83. The zero-order valence-corrected chi connectivity index (χ0v) is 15.4. The monoisotopic (exact) mass is 371 g/mol. The summed E-state index contributed by atoms with van der Waals surface area (Å²) >= 11 is 0. The van der Waals surface area contributed by atoms with Crippen molar-refractivity contribution in [3.8, 4) is 17.0 Å². The van der Waals surface area contributed by atoms with Gasteiger partial charge in [0.2, 0.25) is 0 Å². The maximum atomic E-state index is 10.9. The quantitative estimate of drug-likeness (QED) is 0.765. The zero-order valence-electron chi connectivity index (χ0n) is 15.4. The average Bonchev–Trinajstić information content (AvgIpc) is 2.69. The Morgan fingerprint density at radius 2 is 2.22 bits per heavy atom. The summed E-state index contributed by atoms with van der Waals surface area (Å²) in [4.78, 5) is 17.5. The number of hydrogen-bond acceptors (Lipinski definition) is 6. The molecule has 0 amide bonds. The Bertz CT molecular complexity index is 769. The second-order valence-electron chi connectivity index (χ2n) is 6.68. The van der Waals surface area contributed by atoms with E-state index in [2.05, 4.69) is 9.88 Å².